The lowest BCUT2D eigenvalue weighted by molar-refractivity contribution is -0.158. The summed E-state index contributed by atoms with van der Waals surface area (Å²) in [7, 11) is 5.56. The van der Waals surface area contributed by atoms with Gasteiger partial charge in [0.2, 0.25) is 17.7 Å². The number of carbonyl (C=O) groups excluding carboxylic acids is 9. The Morgan fingerprint density at radius 3 is 2.34 bits per heavy atom. The number of nitrogens with one attached hydrogen (secondary N) is 5. The Labute approximate surface area is 546 Å². The van der Waals surface area contributed by atoms with E-state index in [4.69, 9.17) is 45.8 Å². The predicted molar refractivity (Wildman–Crippen MR) is 341 cm³/mol. The lowest BCUT2D eigenvalue weighted by Gasteiger charge is -2.42. The van der Waals surface area contributed by atoms with Crippen molar-refractivity contribution in [1.82, 2.24) is 26.2 Å². The zero-order valence-electron chi connectivity index (χ0n) is 52.9. The van der Waals surface area contributed by atoms with Crippen molar-refractivity contribution in [1.29, 1.82) is 0 Å². The van der Waals surface area contributed by atoms with Crippen LogP contribution in [0.1, 0.15) is 116 Å². The Morgan fingerprint density at radius 2 is 1.74 bits per heavy atom. The Hall–Kier alpha value is -6.07. The highest BCUT2D eigenvalue weighted by Gasteiger charge is 2.64. The van der Waals surface area contributed by atoms with E-state index in [0.717, 1.165) is 34.5 Å². The molecule has 2 fully saturated rings. The van der Waals surface area contributed by atoms with Gasteiger partial charge in [0.15, 0.2) is 12.0 Å². The van der Waals surface area contributed by atoms with Crippen molar-refractivity contribution < 1.29 is 81.1 Å². The number of anilines is 2. The zero-order valence-corrected chi connectivity index (χ0v) is 56.8. The molecule has 5 rings (SSSR count). The van der Waals surface area contributed by atoms with Crippen molar-refractivity contribution >= 4 is 109 Å². The average molecular weight is 1410 g/mol. The molecule has 498 valence electrons. The first kappa shape index (κ1) is 74.7. The highest BCUT2D eigenvalue weighted by molar-refractivity contribution is 9.10. The van der Waals surface area contributed by atoms with Crippen LogP contribution in [0, 0.1) is 17.7 Å². The third-order valence-corrected chi connectivity index (χ3v) is 18.7. The highest BCUT2D eigenvalue weighted by atomic mass is 79.9. The Bertz CT molecular complexity index is 3010. The van der Waals surface area contributed by atoms with Crippen LogP contribution in [0.5, 0.6) is 5.75 Å². The smallest absolute Gasteiger partial charge is 0.409 e. The minimum absolute atomic E-state index is 0.0328. The van der Waals surface area contributed by atoms with Crippen LogP contribution in [0.25, 0.3) is 0 Å². The second-order valence-electron chi connectivity index (χ2n) is 24.3. The van der Waals surface area contributed by atoms with Gasteiger partial charge in [-0.25, -0.2) is 18.8 Å². The van der Waals surface area contributed by atoms with E-state index in [-0.39, 0.29) is 58.6 Å². The van der Waals surface area contributed by atoms with E-state index in [1.165, 1.54) is 46.2 Å². The van der Waals surface area contributed by atoms with Gasteiger partial charge in [-0.1, -0.05) is 88.0 Å². The SMILES string of the molecule is COc1cc2cc(c1Cl)N(C)C(=O)C[C@H](OC(=O)[C@H](C)N(C)C(=O)c1ccc(NC(=O)[C@H](CCCNC(N)=O)NC(=O)[C@@H](NC(C=O)CCCC(C)(C)OC(C=O)(CBr)CBr)C(C)C)cc1F)[C@]1(C)O[C@H]1[C@H](C)[C@@H]1C[C@@](O)(NC(=O)O1)[C@H](OC)/C=C/C=C(\C)C2. The number of hydrogen-bond acceptors (Lipinski definition) is 17. The summed E-state index contributed by atoms with van der Waals surface area (Å²) in [5.74, 6) is -5.87. The molecule has 8 N–H and O–H groups in total. The maximum Gasteiger partial charge on any atom is 0.409 e. The molecule has 11 atom stereocenters. The lowest BCUT2D eigenvalue weighted by Crippen LogP contribution is -2.63. The summed E-state index contributed by atoms with van der Waals surface area (Å²) in [5, 5.41) is 25.9. The molecule has 4 bridgehead atoms. The minimum atomic E-state index is -1.94. The van der Waals surface area contributed by atoms with Gasteiger partial charge in [0.1, 0.15) is 64.5 Å². The van der Waals surface area contributed by atoms with Crippen LogP contribution in [0.3, 0.4) is 0 Å². The topological polar surface area (TPSA) is 325 Å². The molecule has 1 unspecified atom stereocenters. The van der Waals surface area contributed by atoms with Gasteiger partial charge in [0, 0.05) is 56.4 Å². The molecule has 0 aromatic heterocycles. The zero-order chi connectivity index (χ0) is 67.2. The number of epoxide rings is 1. The Balaban J connectivity index is 1.34. The molecular weight excluding hydrogens is 1330 g/mol. The number of rotatable bonds is 27. The molecule has 0 radical (unpaired) electrons. The molecule has 7 amide bonds. The second kappa shape index (κ2) is 32.5. The van der Waals surface area contributed by atoms with Gasteiger partial charge in [0.25, 0.3) is 5.91 Å². The summed E-state index contributed by atoms with van der Waals surface area (Å²) >= 11 is 13.5. The third-order valence-electron chi connectivity index (χ3n) is 16.5. The number of methoxy groups -OCH3 is 2. The number of likely N-dealkylation sites (N-methyl/N-ethyl adjacent to an activating group) is 1. The number of halogens is 4. The van der Waals surface area contributed by atoms with E-state index in [1.54, 1.807) is 52.0 Å². The van der Waals surface area contributed by atoms with E-state index in [2.05, 4.69) is 58.4 Å². The van der Waals surface area contributed by atoms with Crippen molar-refractivity contribution in [2.75, 3.05) is 55.7 Å². The van der Waals surface area contributed by atoms with Crippen molar-refractivity contribution in [3.63, 3.8) is 0 Å². The maximum atomic E-state index is 16.2. The first-order valence-corrected chi connectivity index (χ1v) is 32.2. The summed E-state index contributed by atoms with van der Waals surface area (Å²) in [6.07, 6.45) is 2.44. The standard InChI is InChI=1S/C62H86Br2ClFN8O16/c1-34(2)51(69-40(30-75)17-14-22-59(6,7)90-61(31-63,32-64)33-76)54(79)71-43(18-15-23-68-57(67)82)53(78)70-39-20-21-41(42(66)27-39)55(80)73(9)37(5)56(81)88-48-28-49(77)74(10)44-25-38(26-45(85-11)50(44)65)24-35(3)16-13-19-47(86-12)62(84)29-46(87-58(83)72-62)36(4)52-60(48,8)89-52/h13,16,19-21,25-27,30,33-34,36-37,40,43,46-48,51-52,69,84H,14-15,17-18,22-24,28-29,31-32H2,1-12H3,(H,70,78)(H,71,79)(H,72,83)(H3,67,68,82)/b19-13+,35-16+/t36-,37+,40?,43+,46+,47-,48+,51+,52+,60+,62+/m1/s1. The van der Waals surface area contributed by atoms with Gasteiger partial charge in [0.05, 0.1) is 48.6 Å². The fraction of sp³-hybridized carbons (Fsp3) is 0.597. The number of allylic oxidation sites excluding steroid dienone is 3. The molecule has 3 heterocycles. The van der Waals surface area contributed by atoms with Crippen molar-refractivity contribution in [3.05, 3.63) is 76.1 Å². The molecular formula is C62H86Br2ClFN8O16. The fourth-order valence-electron chi connectivity index (χ4n) is 10.9. The fourth-order valence-corrected chi connectivity index (χ4v) is 12.7. The number of hydrogen-bond donors (Lipinski definition) is 7. The number of nitrogens with zero attached hydrogens (tertiary/aromatic N) is 2. The molecule has 2 saturated heterocycles. The molecule has 0 saturated carbocycles. The number of fused-ring (bicyclic) bond motifs is 5. The Kier molecular flexibility index (Phi) is 26.9. The number of benzene rings is 2. The van der Waals surface area contributed by atoms with Gasteiger partial charge in [-0.05, 0) is 115 Å². The quantitative estimate of drug-likeness (QED) is 0.0161. The highest BCUT2D eigenvalue weighted by Crippen LogP contribution is 2.49. The van der Waals surface area contributed by atoms with Crippen LogP contribution in [0.15, 0.2) is 54.1 Å². The number of primary amides is 1. The number of carbonyl (C=O) groups is 9. The molecule has 24 nitrogen and oxygen atoms in total. The van der Waals surface area contributed by atoms with Crippen molar-refractivity contribution in [3.8, 4) is 5.75 Å². The number of ether oxygens (including phenoxy) is 6. The van der Waals surface area contributed by atoms with E-state index >= 15 is 4.39 Å². The van der Waals surface area contributed by atoms with Crippen LogP contribution in [0.2, 0.25) is 5.02 Å². The van der Waals surface area contributed by atoms with Gasteiger partial charge in [-0.2, -0.15) is 0 Å². The molecule has 0 aliphatic carbocycles. The number of aldehydes is 2. The number of alkyl halides is 2. The van der Waals surface area contributed by atoms with Crippen LogP contribution in [0.4, 0.5) is 25.4 Å². The number of nitrogens with two attached hydrogens (primary N) is 1. The molecule has 28 heteroatoms. The van der Waals surface area contributed by atoms with E-state index < -0.39 is 142 Å². The monoisotopic (exact) mass is 1410 g/mol. The first-order valence-electron chi connectivity index (χ1n) is 29.6. The largest absolute Gasteiger partial charge is 0.495 e. The number of aliphatic hydroxyl groups is 1. The molecule has 3 aliphatic rings. The molecule has 2 aromatic rings. The second-order valence-corrected chi connectivity index (χ2v) is 25.8. The predicted octanol–water partition coefficient (Wildman–Crippen LogP) is 6.71. The molecule has 90 heavy (non-hydrogen) atoms. The maximum absolute atomic E-state index is 16.2. The summed E-state index contributed by atoms with van der Waals surface area (Å²) < 4.78 is 51.8. The molecule has 3 aliphatic heterocycles. The first-order chi connectivity index (χ1) is 42.2. The number of urea groups is 1. The van der Waals surface area contributed by atoms with Crippen LogP contribution >= 0.6 is 43.5 Å². The van der Waals surface area contributed by atoms with Gasteiger partial charge in [-0.15, -0.1) is 0 Å². The summed E-state index contributed by atoms with van der Waals surface area (Å²) in [6, 6.07) is 1.40. The normalized spacial score (nSPS) is 24.4. The van der Waals surface area contributed by atoms with Crippen LogP contribution in [-0.2, 0) is 58.9 Å². The van der Waals surface area contributed by atoms with E-state index in [9.17, 15) is 48.3 Å². The van der Waals surface area contributed by atoms with E-state index in [0.29, 0.717) is 32.0 Å². The van der Waals surface area contributed by atoms with Crippen molar-refractivity contribution in [2.45, 2.75) is 178 Å². The Morgan fingerprint density at radius 1 is 1.06 bits per heavy atom. The molecule has 0 spiro atoms. The minimum Gasteiger partial charge on any atom is -0.495 e. The van der Waals surface area contributed by atoms with Gasteiger partial charge >= 0.3 is 18.1 Å². The number of esters is 1. The summed E-state index contributed by atoms with van der Waals surface area (Å²) in [4.78, 5) is 122. The molecule has 2 aromatic carbocycles. The van der Waals surface area contributed by atoms with Crippen LogP contribution < -0.4 is 42.0 Å². The number of amides is 7. The van der Waals surface area contributed by atoms with Gasteiger partial charge < -0.3 is 74.6 Å². The lowest BCUT2D eigenvalue weighted by atomic mass is 9.83. The summed E-state index contributed by atoms with van der Waals surface area (Å²) in [6.45, 7) is 13.8. The van der Waals surface area contributed by atoms with Crippen LogP contribution in [-0.4, -0.2) is 181 Å². The van der Waals surface area contributed by atoms with Crippen molar-refractivity contribution in [2.24, 2.45) is 17.6 Å². The van der Waals surface area contributed by atoms with E-state index in [1.807, 2.05) is 26.8 Å². The summed E-state index contributed by atoms with van der Waals surface area (Å²) in [5.41, 5.74) is 1.26. The third kappa shape index (κ3) is 19.3. The average Bonchev–Trinajstić information content (AvgIpc) is 1.57. The van der Waals surface area contributed by atoms with Gasteiger partial charge in [-0.3, -0.25) is 29.8 Å². The number of alkyl carbamates (subject to hydrolysis) is 1.